The Bertz CT molecular complexity index is 336. The van der Waals surface area contributed by atoms with Gasteiger partial charge in [-0.3, -0.25) is 0 Å². The zero-order valence-corrected chi connectivity index (χ0v) is 11.5. The summed E-state index contributed by atoms with van der Waals surface area (Å²) in [5.74, 6) is 0.749. The highest BCUT2D eigenvalue weighted by molar-refractivity contribution is 9.10. The molecule has 0 amide bonds. The lowest BCUT2D eigenvalue weighted by Gasteiger charge is -2.18. The number of nitrogens with one attached hydrogen (secondary N) is 1. The molecule has 1 aromatic rings. The Labute approximate surface area is 104 Å². The van der Waals surface area contributed by atoms with Crippen molar-refractivity contribution in [3.05, 3.63) is 16.0 Å². The fourth-order valence-electron chi connectivity index (χ4n) is 1.03. The van der Waals surface area contributed by atoms with Crippen LogP contribution in [-0.2, 0) is 0 Å². The number of hydrogen-bond donors (Lipinski definition) is 1. The first-order valence-corrected chi connectivity index (χ1v) is 5.97. The molecule has 5 heteroatoms. The average Bonchev–Trinajstić information content (AvgIpc) is 2.10. The first-order chi connectivity index (χ1) is 6.90. The molecule has 0 radical (unpaired) electrons. The monoisotopic (exact) mass is 291 g/mol. The summed E-state index contributed by atoms with van der Waals surface area (Å²) >= 11 is 9.19. The Morgan fingerprint density at radius 1 is 1.40 bits per heavy atom. The Kier molecular flexibility index (Phi) is 4.34. The van der Waals surface area contributed by atoms with Crippen LogP contribution in [0.25, 0.3) is 0 Å². The summed E-state index contributed by atoms with van der Waals surface area (Å²) in [5.41, 5.74) is 0.316. The maximum absolute atomic E-state index is 5.84. The number of rotatable bonds is 3. The maximum atomic E-state index is 5.84. The fraction of sp³-hybridized carbons (Fsp3) is 0.600. The zero-order chi connectivity index (χ0) is 11.5. The normalized spacial score (nSPS) is 11.5. The molecular formula is C10H15BrClN3. The number of nitrogens with zero attached hydrogens (tertiary/aromatic N) is 2. The van der Waals surface area contributed by atoms with Gasteiger partial charge < -0.3 is 5.32 Å². The second-order valence-electron chi connectivity index (χ2n) is 4.56. The van der Waals surface area contributed by atoms with Crippen LogP contribution in [-0.4, -0.2) is 16.5 Å². The third kappa shape index (κ3) is 4.34. The van der Waals surface area contributed by atoms with E-state index in [1.165, 1.54) is 6.33 Å². The van der Waals surface area contributed by atoms with Gasteiger partial charge in [0.2, 0.25) is 0 Å². The second-order valence-corrected chi connectivity index (χ2v) is 5.72. The van der Waals surface area contributed by atoms with E-state index in [4.69, 9.17) is 11.6 Å². The van der Waals surface area contributed by atoms with E-state index in [0.717, 1.165) is 23.3 Å². The van der Waals surface area contributed by atoms with Gasteiger partial charge in [-0.25, -0.2) is 9.97 Å². The lowest BCUT2D eigenvalue weighted by atomic mass is 9.92. The molecule has 15 heavy (non-hydrogen) atoms. The van der Waals surface area contributed by atoms with Gasteiger partial charge in [0.15, 0.2) is 0 Å². The van der Waals surface area contributed by atoms with Crippen LogP contribution in [0.15, 0.2) is 10.8 Å². The van der Waals surface area contributed by atoms with E-state index in [0.29, 0.717) is 10.6 Å². The molecule has 1 aromatic heterocycles. The van der Waals surface area contributed by atoms with Crippen molar-refractivity contribution >= 4 is 33.3 Å². The van der Waals surface area contributed by atoms with Crippen LogP contribution in [0.4, 0.5) is 5.82 Å². The predicted molar refractivity (Wildman–Crippen MR) is 67.3 cm³/mol. The van der Waals surface area contributed by atoms with Crippen LogP contribution in [0.3, 0.4) is 0 Å². The van der Waals surface area contributed by atoms with Crippen LogP contribution < -0.4 is 5.32 Å². The van der Waals surface area contributed by atoms with E-state index in [-0.39, 0.29) is 0 Å². The highest BCUT2D eigenvalue weighted by Gasteiger charge is 2.11. The predicted octanol–water partition coefficient (Wildman–Crippen LogP) is 3.74. The molecule has 1 N–H and O–H groups in total. The highest BCUT2D eigenvalue weighted by Crippen LogP contribution is 2.26. The minimum atomic E-state index is 0.316. The second kappa shape index (κ2) is 5.12. The van der Waals surface area contributed by atoms with Gasteiger partial charge in [-0.2, -0.15) is 0 Å². The van der Waals surface area contributed by atoms with Gasteiger partial charge in [-0.05, 0) is 27.8 Å². The third-order valence-electron chi connectivity index (χ3n) is 1.91. The number of halogens is 2. The van der Waals surface area contributed by atoms with E-state index >= 15 is 0 Å². The molecule has 0 aliphatic rings. The Balaban J connectivity index is 2.55. The summed E-state index contributed by atoms with van der Waals surface area (Å²) in [5, 5.41) is 3.66. The molecule has 0 saturated carbocycles. The maximum Gasteiger partial charge on any atom is 0.148 e. The van der Waals surface area contributed by atoms with Crippen molar-refractivity contribution in [2.75, 3.05) is 11.9 Å². The molecule has 0 unspecified atom stereocenters. The van der Waals surface area contributed by atoms with E-state index in [1.54, 1.807) is 0 Å². The van der Waals surface area contributed by atoms with Crippen molar-refractivity contribution in [1.29, 1.82) is 0 Å². The summed E-state index contributed by atoms with van der Waals surface area (Å²) < 4.78 is 0.723. The highest BCUT2D eigenvalue weighted by atomic mass is 79.9. The van der Waals surface area contributed by atoms with Gasteiger partial charge in [0, 0.05) is 6.54 Å². The lowest BCUT2D eigenvalue weighted by Crippen LogP contribution is -2.13. The molecule has 0 bridgehead atoms. The van der Waals surface area contributed by atoms with E-state index in [1.807, 2.05) is 0 Å². The van der Waals surface area contributed by atoms with Crippen molar-refractivity contribution in [2.24, 2.45) is 5.41 Å². The van der Waals surface area contributed by atoms with Crippen LogP contribution in [0.1, 0.15) is 27.2 Å². The van der Waals surface area contributed by atoms with Crippen molar-refractivity contribution in [1.82, 2.24) is 9.97 Å². The Hall–Kier alpha value is -0.350. The molecule has 84 valence electrons. The summed E-state index contributed by atoms with van der Waals surface area (Å²) in [6.07, 6.45) is 2.52. The lowest BCUT2D eigenvalue weighted by molar-refractivity contribution is 0.389. The molecule has 0 aliphatic heterocycles. The van der Waals surface area contributed by atoms with Gasteiger partial charge in [-0.15, -0.1) is 0 Å². The molecule has 0 atom stereocenters. The molecule has 0 aromatic carbocycles. The largest absolute Gasteiger partial charge is 0.369 e. The van der Waals surface area contributed by atoms with Crippen molar-refractivity contribution < 1.29 is 0 Å². The Morgan fingerprint density at radius 2 is 2.07 bits per heavy atom. The van der Waals surface area contributed by atoms with E-state index < -0.39 is 0 Å². The zero-order valence-electron chi connectivity index (χ0n) is 9.14. The Morgan fingerprint density at radius 3 is 2.67 bits per heavy atom. The number of aromatic nitrogens is 2. The quantitative estimate of drug-likeness (QED) is 0.862. The molecule has 3 nitrogen and oxygen atoms in total. The van der Waals surface area contributed by atoms with Gasteiger partial charge in [0.1, 0.15) is 17.3 Å². The first kappa shape index (κ1) is 12.7. The van der Waals surface area contributed by atoms with Gasteiger partial charge in [-0.1, -0.05) is 32.4 Å². The van der Waals surface area contributed by atoms with E-state index in [2.05, 4.69) is 52.0 Å². The molecule has 0 aliphatic carbocycles. The number of hydrogen-bond acceptors (Lipinski definition) is 3. The topological polar surface area (TPSA) is 37.8 Å². The van der Waals surface area contributed by atoms with Crippen LogP contribution in [0.2, 0.25) is 5.15 Å². The molecule has 0 saturated heterocycles. The molecule has 1 heterocycles. The molecule has 0 fully saturated rings. The molecular weight excluding hydrogens is 277 g/mol. The molecule has 0 spiro atoms. The van der Waals surface area contributed by atoms with Crippen LogP contribution >= 0.6 is 27.5 Å². The SMILES string of the molecule is CC(C)(C)CCNc1ncnc(Cl)c1Br. The number of anilines is 1. The summed E-state index contributed by atoms with van der Waals surface area (Å²) in [6, 6.07) is 0. The third-order valence-corrected chi connectivity index (χ3v) is 3.18. The van der Waals surface area contributed by atoms with Gasteiger partial charge in [0.05, 0.1) is 4.47 Å². The van der Waals surface area contributed by atoms with Crippen LogP contribution in [0, 0.1) is 5.41 Å². The van der Waals surface area contributed by atoms with Crippen LogP contribution in [0.5, 0.6) is 0 Å². The van der Waals surface area contributed by atoms with Gasteiger partial charge >= 0.3 is 0 Å². The minimum absolute atomic E-state index is 0.316. The summed E-state index contributed by atoms with van der Waals surface area (Å²) in [6.45, 7) is 7.49. The van der Waals surface area contributed by atoms with Crippen molar-refractivity contribution in [3.8, 4) is 0 Å². The smallest absolute Gasteiger partial charge is 0.148 e. The van der Waals surface area contributed by atoms with E-state index in [9.17, 15) is 0 Å². The minimum Gasteiger partial charge on any atom is -0.369 e. The van der Waals surface area contributed by atoms with Crippen molar-refractivity contribution in [2.45, 2.75) is 27.2 Å². The average molecular weight is 293 g/mol. The van der Waals surface area contributed by atoms with Gasteiger partial charge in [0.25, 0.3) is 0 Å². The standard InChI is InChI=1S/C10H15BrClN3/c1-10(2,3)4-5-13-9-7(11)8(12)14-6-15-9/h6H,4-5H2,1-3H3,(H,13,14,15). The first-order valence-electron chi connectivity index (χ1n) is 4.80. The summed E-state index contributed by atoms with van der Waals surface area (Å²) in [7, 11) is 0. The fourth-order valence-corrected chi connectivity index (χ4v) is 1.51. The summed E-state index contributed by atoms with van der Waals surface area (Å²) in [4.78, 5) is 7.97. The molecule has 1 rings (SSSR count). The van der Waals surface area contributed by atoms with Crippen molar-refractivity contribution in [3.63, 3.8) is 0 Å².